The minimum absolute atomic E-state index is 0. The van der Waals surface area contributed by atoms with Gasteiger partial charge in [0, 0.05) is 41.7 Å². The van der Waals surface area contributed by atoms with E-state index in [1.165, 1.54) is 42.5 Å². The molecule has 4 aromatic rings. The summed E-state index contributed by atoms with van der Waals surface area (Å²) in [6.45, 7) is 0. The van der Waals surface area contributed by atoms with Crippen LogP contribution in [0, 0.1) is 0 Å². The monoisotopic (exact) mass is 1080 g/mol. The number of carboxylic acid groups (broad SMARTS) is 4. The van der Waals surface area contributed by atoms with E-state index in [-0.39, 0.29) is 58.1 Å². The van der Waals surface area contributed by atoms with Crippen LogP contribution in [-0.2, 0) is 0 Å². The Morgan fingerprint density at radius 2 is 0.960 bits per heavy atom. The molecule has 0 heterocycles. The van der Waals surface area contributed by atoms with Crippen molar-refractivity contribution in [1.82, 2.24) is 0 Å². The summed E-state index contributed by atoms with van der Waals surface area (Å²) in [6.07, 6.45) is 0. The minimum Gasteiger partial charge on any atom is -0.507 e. The number of aromatic carboxylic acids is 4. The molecule has 0 saturated carbocycles. The summed E-state index contributed by atoms with van der Waals surface area (Å²) in [5.74, 6) is -6.14. The summed E-state index contributed by atoms with van der Waals surface area (Å²) >= 11 is 31.3. The normalized spacial score (nSPS) is 9.04. The number of hydrogen-bond acceptors (Lipinski definition) is 8. The van der Waals surface area contributed by atoms with Gasteiger partial charge in [0.15, 0.2) is 0 Å². The molecule has 0 amide bonds. The molecule has 0 aliphatic heterocycles. The van der Waals surface area contributed by atoms with Crippen molar-refractivity contribution in [2.24, 2.45) is 0 Å². The summed E-state index contributed by atoms with van der Waals surface area (Å²) in [6, 6.07) is 14.1. The molecule has 0 saturated heterocycles. The van der Waals surface area contributed by atoms with E-state index in [1.54, 1.807) is 18.2 Å². The van der Waals surface area contributed by atoms with Crippen molar-refractivity contribution < 1.29 is 60.0 Å². The number of carbonyl (C=O) groups is 4. The molecule has 274 valence electrons. The van der Waals surface area contributed by atoms with E-state index in [1.807, 2.05) is 0 Å². The lowest BCUT2D eigenvalue weighted by Crippen LogP contribution is -1.98. The summed E-state index contributed by atoms with van der Waals surface area (Å²) in [5, 5.41) is 70.4. The second-order valence-corrected chi connectivity index (χ2v) is 11.9. The molecule has 0 atom stereocenters. The molecule has 0 radical (unpaired) electrons. The summed E-state index contributed by atoms with van der Waals surface area (Å²) in [4.78, 5) is 41.8. The van der Waals surface area contributed by atoms with Gasteiger partial charge in [-0.1, -0.05) is 93.6 Å². The van der Waals surface area contributed by atoms with Crippen molar-refractivity contribution in [3.8, 4) is 23.0 Å². The predicted molar refractivity (Wildman–Crippen MR) is 210 cm³/mol. The predicted octanol–water partition coefficient (Wildman–Crippen LogP) is 11.6. The van der Waals surface area contributed by atoms with Gasteiger partial charge >= 0.3 is 23.9 Å². The Morgan fingerprint density at radius 3 is 1.38 bits per heavy atom. The quantitative estimate of drug-likeness (QED) is 0.0893. The van der Waals surface area contributed by atoms with Gasteiger partial charge in [-0.2, -0.15) is 0 Å². The Morgan fingerprint density at radius 1 is 0.520 bits per heavy atom. The van der Waals surface area contributed by atoms with Crippen molar-refractivity contribution in [3.05, 3.63) is 111 Å². The van der Waals surface area contributed by atoms with E-state index < -0.39 is 40.9 Å². The first-order valence-electron chi connectivity index (χ1n) is 11.7. The molecule has 50 heavy (non-hydrogen) atoms. The zero-order chi connectivity index (χ0) is 37.5. The molecule has 4 rings (SSSR count). The largest absolute Gasteiger partial charge is 0.507 e. The standard InChI is InChI=1S/C7H3BrCl2O3.C7H4BrClO3.C7H5BrO3.C7H6O3.2CH4.Br2/c8-2-1-3(9)6(11)4(5(2)10)7(12)13;8-3-1-4(7(11)12)6(10)5(9)2-3;8-4-1-2-6(9)5(3-4)7(10)11;8-6-4-2-1-3-5(6)7(9)10;;;1-2/h1,11H,(H,12,13);1-2,10H,(H,11,12);1-3,9H,(H,10,11);1-4,8H,(H,9,10);2*1H4;. The maximum Gasteiger partial charge on any atom is 0.341 e. The highest BCUT2D eigenvalue weighted by atomic mass is 80.9. The number of halogens is 8. The molecular weight excluding hydrogens is 1060 g/mol. The second kappa shape index (κ2) is 25.2. The van der Waals surface area contributed by atoms with E-state index >= 15 is 0 Å². The molecule has 0 bridgehead atoms. The summed E-state index contributed by atoms with van der Waals surface area (Å²) in [7, 11) is 0. The molecule has 4 aromatic carbocycles. The lowest BCUT2D eigenvalue weighted by molar-refractivity contribution is 0.0682. The molecule has 0 aliphatic rings. The molecule has 0 spiro atoms. The molecule has 20 heteroatoms. The van der Waals surface area contributed by atoms with Crippen LogP contribution in [0.5, 0.6) is 23.0 Å². The number of aromatic hydroxyl groups is 4. The first kappa shape index (κ1) is 51.6. The van der Waals surface area contributed by atoms with Crippen LogP contribution in [0.3, 0.4) is 0 Å². The maximum atomic E-state index is 10.6. The zero-order valence-corrected chi connectivity index (χ0v) is 33.2. The van der Waals surface area contributed by atoms with Gasteiger partial charge in [0.25, 0.3) is 0 Å². The molecule has 0 aromatic heterocycles. The van der Waals surface area contributed by atoms with Crippen LogP contribution in [0.25, 0.3) is 0 Å². The summed E-state index contributed by atoms with van der Waals surface area (Å²) in [5.41, 5.74) is -0.780. The molecule has 8 N–H and O–H groups in total. The Hall–Kier alpha value is -2.77. The van der Waals surface area contributed by atoms with Crippen LogP contribution >= 0.6 is 111 Å². The Bertz CT molecular complexity index is 1770. The average Bonchev–Trinajstić information content (AvgIpc) is 3.01. The van der Waals surface area contributed by atoms with E-state index in [0.29, 0.717) is 13.4 Å². The number of para-hydroxylation sites is 1. The highest BCUT2D eigenvalue weighted by Crippen LogP contribution is 2.38. The Labute approximate surface area is 341 Å². The molecule has 0 aliphatic carbocycles. The highest BCUT2D eigenvalue weighted by Gasteiger charge is 2.20. The number of phenols is 4. The van der Waals surface area contributed by atoms with Crippen LogP contribution in [0.1, 0.15) is 56.3 Å². The first-order valence-corrected chi connectivity index (χ1v) is 18.9. The zero-order valence-electron chi connectivity index (χ0n) is 23.0. The highest BCUT2D eigenvalue weighted by molar-refractivity contribution is 9.93. The Kier molecular flexibility index (Phi) is 26.0. The van der Waals surface area contributed by atoms with Crippen molar-refractivity contribution in [1.29, 1.82) is 0 Å². The average molecular weight is 1080 g/mol. The van der Waals surface area contributed by atoms with E-state index in [2.05, 4.69) is 76.0 Å². The van der Waals surface area contributed by atoms with Crippen molar-refractivity contribution in [3.63, 3.8) is 0 Å². The minimum atomic E-state index is -1.33. The van der Waals surface area contributed by atoms with Gasteiger partial charge < -0.3 is 40.9 Å². The van der Waals surface area contributed by atoms with Gasteiger partial charge in [-0.05, 0) is 64.5 Å². The molecule has 0 unspecified atom stereocenters. The van der Waals surface area contributed by atoms with E-state index in [4.69, 9.17) is 70.5 Å². The molecular formula is C30H26Br5Cl3O12. The fourth-order valence-electron chi connectivity index (χ4n) is 2.84. The van der Waals surface area contributed by atoms with Gasteiger partial charge in [0.05, 0.1) is 15.1 Å². The van der Waals surface area contributed by atoms with Crippen molar-refractivity contribution >= 4 is 135 Å². The maximum absolute atomic E-state index is 10.6. The third-order valence-corrected chi connectivity index (χ3v) is 7.72. The van der Waals surface area contributed by atoms with Gasteiger partial charge in [0.2, 0.25) is 0 Å². The van der Waals surface area contributed by atoms with Crippen molar-refractivity contribution in [2.75, 3.05) is 0 Å². The van der Waals surface area contributed by atoms with Gasteiger partial charge in [0.1, 0.15) is 45.3 Å². The van der Waals surface area contributed by atoms with Crippen LogP contribution in [0.15, 0.2) is 74.1 Å². The fraction of sp³-hybridized carbons (Fsp3) is 0.0667. The third kappa shape index (κ3) is 16.5. The molecule has 12 nitrogen and oxygen atoms in total. The van der Waals surface area contributed by atoms with Gasteiger partial charge in [-0.3, -0.25) is 0 Å². The van der Waals surface area contributed by atoms with Crippen LogP contribution < -0.4 is 0 Å². The van der Waals surface area contributed by atoms with Crippen molar-refractivity contribution in [2.45, 2.75) is 14.9 Å². The lowest BCUT2D eigenvalue weighted by atomic mass is 10.2. The first-order chi connectivity index (χ1) is 22.3. The fourth-order valence-corrected chi connectivity index (χ4v) is 5.00. The second-order valence-electron chi connectivity index (χ2n) is 8.06. The number of hydrogen-bond donors (Lipinski definition) is 8. The number of carboxylic acids is 4. The van der Waals surface area contributed by atoms with Crippen LogP contribution in [-0.4, -0.2) is 64.7 Å². The number of rotatable bonds is 4. The van der Waals surface area contributed by atoms with E-state index in [0.717, 1.165) is 0 Å². The van der Waals surface area contributed by atoms with Crippen LogP contribution in [0.2, 0.25) is 15.1 Å². The van der Waals surface area contributed by atoms with E-state index in [9.17, 15) is 24.3 Å². The third-order valence-electron chi connectivity index (χ3n) is 4.94. The lowest BCUT2D eigenvalue weighted by Gasteiger charge is -2.05. The summed E-state index contributed by atoms with van der Waals surface area (Å²) < 4.78 is 1.48. The van der Waals surface area contributed by atoms with Gasteiger partial charge in [-0.15, -0.1) is 0 Å². The SMILES string of the molecule is BrBr.C.C.O=C(O)c1c(O)c(Cl)cc(Br)c1Cl.O=C(O)c1cc(Br)cc(Cl)c1O.O=C(O)c1cc(Br)ccc1O.O=C(O)c1ccccc1O. The Balaban J connectivity index is -0.000000573. The molecule has 0 fully saturated rings. The number of benzene rings is 4. The smallest absolute Gasteiger partial charge is 0.341 e. The van der Waals surface area contributed by atoms with Gasteiger partial charge in [-0.25, -0.2) is 19.2 Å². The topological polar surface area (TPSA) is 230 Å². The van der Waals surface area contributed by atoms with Crippen LogP contribution in [0.4, 0.5) is 0 Å².